The summed E-state index contributed by atoms with van der Waals surface area (Å²) >= 11 is 0. The lowest BCUT2D eigenvalue weighted by Gasteiger charge is -2.26. The molecule has 0 spiro atoms. The van der Waals surface area contributed by atoms with Crippen LogP contribution in [0.4, 0.5) is 0 Å². The zero-order chi connectivity index (χ0) is 19.0. The van der Waals surface area contributed by atoms with Gasteiger partial charge in [0.15, 0.2) is 5.69 Å². The molecule has 1 amide bonds. The first-order valence-corrected chi connectivity index (χ1v) is 8.87. The molecule has 136 valence electrons. The Morgan fingerprint density at radius 1 is 1.15 bits per heavy atom. The van der Waals surface area contributed by atoms with Gasteiger partial charge in [0, 0.05) is 17.3 Å². The average Bonchev–Trinajstić information content (AvgIpc) is 3.13. The van der Waals surface area contributed by atoms with Crippen LogP contribution in [0.3, 0.4) is 0 Å². The minimum absolute atomic E-state index is 0.231. The van der Waals surface area contributed by atoms with Gasteiger partial charge in [-0.25, -0.2) is 5.10 Å². The van der Waals surface area contributed by atoms with Crippen LogP contribution in [0.25, 0.3) is 21.7 Å². The maximum absolute atomic E-state index is 13.2. The SMILES string of the molecule is CCN(C(=O)c1n[nH]c(=O)c2ccccc12)C(C)c1cc2ccccc2o1. The monoisotopic (exact) mass is 361 g/mol. The molecule has 6 heteroatoms. The van der Waals surface area contributed by atoms with Gasteiger partial charge < -0.3 is 9.32 Å². The minimum atomic E-state index is -0.310. The highest BCUT2D eigenvalue weighted by Crippen LogP contribution is 2.28. The Morgan fingerprint density at radius 3 is 2.59 bits per heavy atom. The van der Waals surface area contributed by atoms with E-state index in [9.17, 15) is 9.59 Å². The maximum Gasteiger partial charge on any atom is 0.275 e. The highest BCUT2D eigenvalue weighted by molar-refractivity contribution is 6.04. The van der Waals surface area contributed by atoms with E-state index in [2.05, 4.69) is 10.2 Å². The van der Waals surface area contributed by atoms with Crippen LogP contribution in [0.15, 0.2) is 63.8 Å². The maximum atomic E-state index is 13.2. The second kappa shape index (κ2) is 6.72. The fourth-order valence-corrected chi connectivity index (χ4v) is 3.37. The number of rotatable bonds is 4. The van der Waals surface area contributed by atoms with Crippen LogP contribution in [-0.2, 0) is 0 Å². The van der Waals surface area contributed by atoms with Crippen molar-refractivity contribution in [3.8, 4) is 0 Å². The Bertz CT molecular complexity index is 1160. The van der Waals surface area contributed by atoms with Crippen molar-refractivity contribution < 1.29 is 9.21 Å². The number of benzene rings is 2. The number of H-pyrrole nitrogens is 1. The van der Waals surface area contributed by atoms with Gasteiger partial charge in [0.25, 0.3) is 11.5 Å². The molecule has 4 aromatic rings. The molecule has 6 nitrogen and oxygen atoms in total. The summed E-state index contributed by atoms with van der Waals surface area (Å²) < 4.78 is 5.93. The van der Waals surface area contributed by atoms with Crippen LogP contribution in [0.5, 0.6) is 0 Å². The Balaban J connectivity index is 1.75. The molecule has 4 rings (SSSR count). The van der Waals surface area contributed by atoms with Gasteiger partial charge in [-0.2, -0.15) is 5.10 Å². The van der Waals surface area contributed by atoms with Gasteiger partial charge in [-0.1, -0.05) is 36.4 Å². The van der Waals surface area contributed by atoms with E-state index in [4.69, 9.17) is 4.42 Å². The molecular weight excluding hydrogens is 342 g/mol. The number of para-hydroxylation sites is 1. The molecule has 2 aromatic heterocycles. The Morgan fingerprint density at radius 2 is 1.85 bits per heavy atom. The largest absolute Gasteiger partial charge is 0.459 e. The quantitative estimate of drug-likeness (QED) is 0.598. The normalized spacial score (nSPS) is 12.4. The van der Waals surface area contributed by atoms with Crippen LogP contribution in [-0.4, -0.2) is 27.5 Å². The number of aromatic amines is 1. The number of aromatic nitrogens is 2. The Labute approximate surface area is 155 Å². The second-order valence-corrected chi connectivity index (χ2v) is 6.40. The van der Waals surface area contributed by atoms with E-state index in [-0.39, 0.29) is 23.2 Å². The van der Waals surface area contributed by atoms with Crippen molar-refractivity contribution in [2.24, 2.45) is 0 Å². The van der Waals surface area contributed by atoms with E-state index in [1.54, 1.807) is 29.2 Å². The van der Waals surface area contributed by atoms with Crippen molar-refractivity contribution in [1.82, 2.24) is 15.1 Å². The molecule has 0 fully saturated rings. The summed E-state index contributed by atoms with van der Waals surface area (Å²) in [5, 5.41) is 8.45. The number of nitrogens with one attached hydrogen (secondary N) is 1. The third kappa shape index (κ3) is 2.89. The molecule has 0 aliphatic carbocycles. The number of fused-ring (bicyclic) bond motifs is 2. The molecule has 2 aromatic carbocycles. The van der Waals surface area contributed by atoms with Crippen molar-refractivity contribution in [3.63, 3.8) is 0 Å². The highest BCUT2D eigenvalue weighted by atomic mass is 16.3. The third-order valence-electron chi connectivity index (χ3n) is 4.82. The predicted octanol–water partition coefficient (Wildman–Crippen LogP) is 3.89. The van der Waals surface area contributed by atoms with Gasteiger partial charge in [-0.15, -0.1) is 0 Å². The van der Waals surface area contributed by atoms with E-state index >= 15 is 0 Å². The van der Waals surface area contributed by atoms with Gasteiger partial charge in [0.1, 0.15) is 11.3 Å². The third-order valence-corrected chi connectivity index (χ3v) is 4.82. The number of amides is 1. The highest BCUT2D eigenvalue weighted by Gasteiger charge is 2.26. The van der Waals surface area contributed by atoms with Crippen molar-refractivity contribution in [1.29, 1.82) is 0 Å². The summed E-state index contributed by atoms with van der Waals surface area (Å²) in [7, 11) is 0. The molecule has 1 atom stereocenters. The number of nitrogens with zero attached hydrogens (tertiary/aromatic N) is 2. The van der Waals surface area contributed by atoms with E-state index in [0.29, 0.717) is 23.1 Å². The summed E-state index contributed by atoms with van der Waals surface area (Å²) in [5.41, 5.74) is 0.709. The van der Waals surface area contributed by atoms with Crippen molar-refractivity contribution >= 4 is 27.6 Å². The van der Waals surface area contributed by atoms with E-state index in [1.807, 2.05) is 44.2 Å². The lowest BCUT2D eigenvalue weighted by molar-refractivity contribution is 0.0679. The van der Waals surface area contributed by atoms with E-state index < -0.39 is 0 Å². The molecule has 0 aliphatic heterocycles. The van der Waals surface area contributed by atoms with Gasteiger partial charge in [-0.3, -0.25) is 9.59 Å². The van der Waals surface area contributed by atoms with Crippen LogP contribution in [0.1, 0.15) is 36.1 Å². The number of hydrogen-bond donors (Lipinski definition) is 1. The summed E-state index contributed by atoms with van der Waals surface area (Å²) in [5.74, 6) is 0.457. The van der Waals surface area contributed by atoms with Gasteiger partial charge in [0.2, 0.25) is 0 Å². The lowest BCUT2D eigenvalue weighted by Crippen LogP contribution is -2.34. The standard InChI is InChI=1S/C21H19N3O3/c1-3-24(13(2)18-12-14-8-4-7-11-17(14)27-18)21(26)19-15-9-5-6-10-16(15)20(25)23-22-19/h4-13H,3H2,1-2H3,(H,23,25). The summed E-state index contributed by atoms with van der Waals surface area (Å²) in [6.45, 7) is 4.31. The smallest absolute Gasteiger partial charge is 0.275 e. The van der Waals surface area contributed by atoms with Crippen LogP contribution < -0.4 is 5.56 Å². The second-order valence-electron chi connectivity index (χ2n) is 6.40. The molecule has 0 aliphatic rings. The molecule has 2 heterocycles. The van der Waals surface area contributed by atoms with Crippen molar-refractivity contribution in [2.45, 2.75) is 19.9 Å². The Hall–Kier alpha value is -3.41. The number of hydrogen-bond acceptors (Lipinski definition) is 4. The van der Waals surface area contributed by atoms with Gasteiger partial charge in [0.05, 0.1) is 11.4 Å². The van der Waals surface area contributed by atoms with E-state index in [1.165, 1.54) is 0 Å². The van der Waals surface area contributed by atoms with Crippen LogP contribution >= 0.6 is 0 Å². The first-order chi connectivity index (χ1) is 13.1. The Kier molecular flexibility index (Phi) is 4.24. The van der Waals surface area contributed by atoms with Crippen LogP contribution in [0, 0.1) is 0 Å². The molecule has 27 heavy (non-hydrogen) atoms. The molecule has 1 N–H and O–H groups in total. The minimum Gasteiger partial charge on any atom is -0.459 e. The van der Waals surface area contributed by atoms with Crippen molar-refractivity contribution in [2.75, 3.05) is 6.54 Å². The summed E-state index contributed by atoms with van der Waals surface area (Å²) in [6.07, 6.45) is 0. The van der Waals surface area contributed by atoms with Gasteiger partial charge >= 0.3 is 0 Å². The summed E-state index contributed by atoms with van der Waals surface area (Å²) in [6, 6.07) is 16.4. The summed E-state index contributed by atoms with van der Waals surface area (Å²) in [4.78, 5) is 26.9. The first kappa shape index (κ1) is 17.0. The van der Waals surface area contributed by atoms with Gasteiger partial charge in [-0.05, 0) is 32.0 Å². The molecule has 0 saturated heterocycles. The molecule has 0 radical (unpaired) electrons. The lowest BCUT2D eigenvalue weighted by atomic mass is 10.1. The molecular formula is C21H19N3O3. The number of furan rings is 1. The fraction of sp³-hybridized carbons (Fsp3) is 0.190. The first-order valence-electron chi connectivity index (χ1n) is 8.87. The van der Waals surface area contributed by atoms with Crippen molar-refractivity contribution in [3.05, 3.63) is 76.4 Å². The molecule has 0 bridgehead atoms. The zero-order valence-corrected chi connectivity index (χ0v) is 15.1. The average molecular weight is 361 g/mol. The fourth-order valence-electron chi connectivity index (χ4n) is 3.37. The number of carbonyl (C=O) groups excluding carboxylic acids is 1. The van der Waals surface area contributed by atoms with Crippen LogP contribution in [0.2, 0.25) is 0 Å². The molecule has 0 saturated carbocycles. The molecule has 1 unspecified atom stereocenters. The number of carbonyl (C=O) groups is 1. The zero-order valence-electron chi connectivity index (χ0n) is 15.1. The topological polar surface area (TPSA) is 79.2 Å². The van der Waals surface area contributed by atoms with E-state index in [0.717, 1.165) is 11.0 Å². The predicted molar refractivity (Wildman–Crippen MR) is 104 cm³/mol.